The summed E-state index contributed by atoms with van der Waals surface area (Å²) in [6.45, 7) is 0. The molecule has 96 valence electrons. The number of fused-ring (bicyclic) bond motifs is 1. The topological polar surface area (TPSA) is 88.5 Å². The summed E-state index contributed by atoms with van der Waals surface area (Å²) >= 11 is 0. The first-order valence-corrected chi connectivity index (χ1v) is 6.28. The van der Waals surface area contributed by atoms with Crippen molar-refractivity contribution in [2.24, 2.45) is 0 Å². The average Bonchev–Trinajstić information content (AvgIpc) is 2.73. The molecule has 1 aliphatic carbocycles. The van der Waals surface area contributed by atoms with Crippen LogP contribution in [0.3, 0.4) is 0 Å². The van der Waals surface area contributed by atoms with E-state index in [1.807, 2.05) is 18.2 Å². The van der Waals surface area contributed by atoms with Gasteiger partial charge in [0, 0.05) is 6.04 Å². The first kappa shape index (κ1) is 11.3. The molecule has 1 fully saturated rings. The van der Waals surface area contributed by atoms with Crippen LogP contribution < -0.4 is 11.1 Å². The minimum absolute atomic E-state index is 0.138. The second kappa shape index (κ2) is 4.45. The molecular formula is C12H17N5O. The van der Waals surface area contributed by atoms with E-state index in [1.54, 1.807) is 4.52 Å². The molecule has 0 bridgehead atoms. The van der Waals surface area contributed by atoms with Crippen LogP contribution in [-0.4, -0.2) is 31.9 Å². The summed E-state index contributed by atoms with van der Waals surface area (Å²) in [6.07, 6.45) is 3.52. The molecule has 1 aliphatic rings. The van der Waals surface area contributed by atoms with Gasteiger partial charge in [0.2, 0.25) is 5.95 Å². The van der Waals surface area contributed by atoms with Gasteiger partial charge in [-0.05, 0) is 37.8 Å². The Morgan fingerprint density at radius 1 is 1.28 bits per heavy atom. The number of aliphatic hydroxyl groups excluding tert-OH is 1. The van der Waals surface area contributed by atoms with E-state index in [2.05, 4.69) is 15.4 Å². The number of pyridine rings is 1. The molecule has 0 radical (unpaired) electrons. The van der Waals surface area contributed by atoms with Crippen molar-refractivity contribution in [2.75, 3.05) is 11.1 Å². The maximum atomic E-state index is 9.50. The van der Waals surface area contributed by atoms with Crippen LogP contribution in [0.4, 0.5) is 11.8 Å². The van der Waals surface area contributed by atoms with Gasteiger partial charge in [-0.15, -0.1) is 5.10 Å². The fourth-order valence-electron chi connectivity index (χ4n) is 2.46. The highest BCUT2D eigenvalue weighted by atomic mass is 16.3. The van der Waals surface area contributed by atoms with Gasteiger partial charge in [0.25, 0.3) is 0 Å². The normalized spacial score (nSPS) is 24.3. The first-order chi connectivity index (χ1) is 8.72. The summed E-state index contributed by atoms with van der Waals surface area (Å²) in [5.74, 6) is 1.18. The van der Waals surface area contributed by atoms with Crippen LogP contribution >= 0.6 is 0 Å². The van der Waals surface area contributed by atoms with Crippen molar-refractivity contribution < 1.29 is 5.11 Å². The lowest BCUT2D eigenvalue weighted by atomic mass is 9.93. The Morgan fingerprint density at radius 3 is 2.83 bits per heavy atom. The molecule has 2 heterocycles. The fraction of sp³-hybridized carbons (Fsp3) is 0.500. The minimum atomic E-state index is -0.138. The molecule has 0 saturated heterocycles. The highest BCUT2D eigenvalue weighted by Crippen LogP contribution is 2.22. The van der Waals surface area contributed by atoms with E-state index in [0.717, 1.165) is 37.1 Å². The molecule has 0 aliphatic heterocycles. The lowest BCUT2D eigenvalue weighted by Gasteiger charge is -2.26. The Balaban J connectivity index is 1.82. The molecule has 0 spiro atoms. The van der Waals surface area contributed by atoms with Gasteiger partial charge in [-0.25, -0.2) is 0 Å². The molecule has 0 unspecified atom stereocenters. The summed E-state index contributed by atoms with van der Waals surface area (Å²) < 4.78 is 1.72. The number of nitrogen functional groups attached to an aromatic ring is 1. The zero-order valence-electron chi connectivity index (χ0n) is 10.1. The molecule has 0 amide bonds. The molecule has 6 heteroatoms. The van der Waals surface area contributed by atoms with Crippen LogP contribution in [0.2, 0.25) is 0 Å². The third-order valence-corrected chi connectivity index (χ3v) is 3.42. The highest BCUT2D eigenvalue weighted by Gasteiger charge is 2.19. The molecule has 0 aromatic carbocycles. The molecule has 18 heavy (non-hydrogen) atoms. The SMILES string of the molecule is Nc1nc2cccc(NC3CCC(O)CC3)n2n1. The van der Waals surface area contributed by atoms with Crippen LogP contribution in [0.15, 0.2) is 18.2 Å². The lowest BCUT2D eigenvalue weighted by Crippen LogP contribution is -2.29. The smallest absolute Gasteiger partial charge is 0.240 e. The van der Waals surface area contributed by atoms with Gasteiger partial charge in [0.1, 0.15) is 5.82 Å². The predicted octanol–water partition coefficient (Wildman–Crippen LogP) is 1.03. The van der Waals surface area contributed by atoms with Crippen LogP contribution in [0.1, 0.15) is 25.7 Å². The Bertz CT molecular complexity index is 544. The number of anilines is 2. The molecule has 2 aromatic heterocycles. The van der Waals surface area contributed by atoms with Gasteiger partial charge in [0.05, 0.1) is 6.10 Å². The Labute approximate surface area is 105 Å². The zero-order chi connectivity index (χ0) is 12.5. The van der Waals surface area contributed by atoms with Crippen molar-refractivity contribution in [3.8, 4) is 0 Å². The molecule has 3 rings (SSSR count). The Kier molecular flexibility index (Phi) is 2.79. The third-order valence-electron chi connectivity index (χ3n) is 3.42. The first-order valence-electron chi connectivity index (χ1n) is 6.28. The van der Waals surface area contributed by atoms with E-state index in [-0.39, 0.29) is 12.1 Å². The van der Waals surface area contributed by atoms with Crippen molar-refractivity contribution >= 4 is 17.4 Å². The maximum Gasteiger partial charge on any atom is 0.240 e. The largest absolute Gasteiger partial charge is 0.393 e. The lowest BCUT2D eigenvalue weighted by molar-refractivity contribution is 0.126. The minimum Gasteiger partial charge on any atom is -0.393 e. The average molecular weight is 247 g/mol. The van der Waals surface area contributed by atoms with Crippen molar-refractivity contribution in [1.29, 1.82) is 0 Å². The molecule has 4 N–H and O–H groups in total. The fourth-order valence-corrected chi connectivity index (χ4v) is 2.46. The van der Waals surface area contributed by atoms with Gasteiger partial charge in [-0.3, -0.25) is 0 Å². The summed E-state index contributed by atoms with van der Waals surface area (Å²) in [7, 11) is 0. The van der Waals surface area contributed by atoms with Crippen LogP contribution in [0.5, 0.6) is 0 Å². The van der Waals surface area contributed by atoms with Gasteiger partial charge in [-0.1, -0.05) is 6.07 Å². The number of aromatic nitrogens is 3. The molecule has 6 nitrogen and oxygen atoms in total. The van der Waals surface area contributed by atoms with Gasteiger partial charge in [-0.2, -0.15) is 9.50 Å². The molecule has 2 aromatic rings. The molecular weight excluding hydrogens is 230 g/mol. The number of nitrogens with two attached hydrogens (primary N) is 1. The predicted molar refractivity (Wildman–Crippen MR) is 69.3 cm³/mol. The van der Waals surface area contributed by atoms with Crippen molar-refractivity contribution in [3.63, 3.8) is 0 Å². The van der Waals surface area contributed by atoms with E-state index in [1.165, 1.54) is 0 Å². The van der Waals surface area contributed by atoms with Crippen LogP contribution in [0.25, 0.3) is 5.65 Å². The zero-order valence-corrected chi connectivity index (χ0v) is 10.1. The van der Waals surface area contributed by atoms with Crippen LogP contribution in [-0.2, 0) is 0 Å². The van der Waals surface area contributed by atoms with Crippen molar-refractivity contribution in [3.05, 3.63) is 18.2 Å². The van der Waals surface area contributed by atoms with E-state index in [4.69, 9.17) is 5.73 Å². The maximum absolute atomic E-state index is 9.50. The van der Waals surface area contributed by atoms with Gasteiger partial charge >= 0.3 is 0 Å². The Hall–Kier alpha value is -1.82. The number of rotatable bonds is 2. The second-order valence-corrected chi connectivity index (χ2v) is 4.80. The third kappa shape index (κ3) is 2.11. The highest BCUT2D eigenvalue weighted by molar-refractivity contribution is 5.51. The van der Waals surface area contributed by atoms with E-state index < -0.39 is 0 Å². The summed E-state index contributed by atoms with van der Waals surface area (Å²) in [5, 5.41) is 17.1. The van der Waals surface area contributed by atoms with Gasteiger partial charge in [0.15, 0.2) is 5.65 Å². The van der Waals surface area contributed by atoms with Crippen LogP contribution in [0, 0.1) is 0 Å². The summed E-state index contributed by atoms with van der Waals surface area (Å²) in [6, 6.07) is 6.15. The van der Waals surface area contributed by atoms with E-state index in [0.29, 0.717) is 6.04 Å². The number of hydrogen-bond donors (Lipinski definition) is 3. The monoisotopic (exact) mass is 247 g/mol. The summed E-state index contributed by atoms with van der Waals surface area (Å²) in [4.78, 5) is 4.13. The quantitative estimate of drug-likeness (QED) is 0.737. The molecule has 1 saturated carbocycles. The number of nitrogens with zero attached hydrogens (tertiary/aromatic N) is 3. The van der Waals surface area contributed by atoms with Crippen molar-refractivity contribution in [1.82, 2.24) is 14.6 Å². The summed E-state index contributed by atoms with van der Waals surface area (Å²) in [5.41, 5.74) is 6.35. The second-order valence-electron chi connectivity index (χ2n) is 4.80. The standard InChI is InChI=1S/C12H17N5O/c13-12-15-11-3-1-2-10(17(11)16-12)14-8-4-6-9(18)7-5-8/h1-3,8-9,14,18H,4-7H2,(H2,13,16). The number of hydrogen-bond acceptors (Lipinski definition) is 5. The Morgan fingerprint density at radius 2 is 2.06 bits per heavy atom. The van der Waals surface area contributed by atoms with E-state index >= 15 is 0 Å². The van der Waals surface area contributed by atoms with E-state index in [9.17, 15) is 5.11 Å². The number of aliphatic hydroxyl groups is 1. The van der Waals surface area contributed by atoms with Gasteiger partial charge < -0.3 is 16.2 Å². The number of nitrogens with one attached hydrogen (secondary N) is 1. The van der Waals surface area contributed by atoms with Crippen molar-refractivity contribution in [2.45, 2.75) is 37.8 Å². The molecule has 0 atom stereocenters.